The zero-order chi connectivity index (χ0) is 26.9. The Labute approximate surface area is 221 Å². The van der Waals surface area contributed by atoms with E-state index in [0.717, 1.165) is 61.6 Å². The Morgan fingerprint density at radius 3 is 2.61 bits per heavy atom. The summed E-state index contributed by atoms with van der Waals surface area (Å²) in [5, 5.41) is 43.6. The van der Waals surface area contributed by atoms with Crippen molar-refractivity contribution in [2.24, 2.45) is 5.73 Å². The van der Waals surface area contributed by atoms with E-state index in [1.165, 1.54) is 0 Å². The van der Waals surface area contributed by atoms with E-state index in [1.807, 2.05) is 31.2 Å². The maximum Gasteiger partial charge on any atom is 0.245 e. The lowest BCUT2D eigenvalue weighted by Crippen LogP contribution is -2.72. The summed E-state index contributed by atoms with van der Waals surface area (Å²) >= 11 is 0. The van der Waals surface area contributed by atoms with Crippen LogP contribution >= 0.6 is 0 Å². The van der Waals surface area contributed by atoms with Crippen LogP contribution in [0.3, 0.4) is 0 Å². The molecule has 38 heavy (non-hydrogen) atoms. The van der Waals surface area contributed by atoms with Crippen molar-refractivity contribution in [1.82, 2.24) is 10.2 Å². The molecule has 5 rings (SSSR count). The van der Waals surface area contributed by atoms with Crippen LogP contribution in [-0.4, -0.2) is 108 Å². The third kappa shape index (κ3) is 5.87. The molecule has 7 N–H and O–H groups in total. The van der Waals surface area contributed by atoms with Gasteiger partial charge in [0.1, 0.15) is 36.4 Å². The van der Waals surface area contributed by atoms with Gasteiger partial charge in [0, 0.05) is 26.2 Å². The quantitative estimate of drug-likeness (QED) is 0.182. The van der Waals surface area contributed by atoms with Crippen molar-refractivity contribution in [3.05, 3.63) is 53.6 Å². The van der Waals surface area contributed by atoms with Crippen LogP contribution in [-0.2, 0) is 14.2 Å². The molecule has 11 nitrogen and oxygen atoms in total. The van der Waals surface area contributed by atoms with Crippen LogP contribution in [0.25, 0.3) is 11.1 Å². The van der Waals surface area contributed by atoms with Crippen LogP contribution in [0.15, 0.2) is 42.5 Å². The van der Waals surface area contributed by atoms with Crippen molar-refractivity contribution in [3.8, 4) is 16.9 Å². The Kier molecular flexibility index (Phi) is 8.31. The average molecular weight is 532 g/mol. The number of aliphatic hydroxyl groups is 4. The van der Waals surface area contributed by atoms with Gasteiger partial charge in [0.2, 0.25) is 12.0 Å². The van der Waals surface area contributed by atoms with Gasteiger partial charge in [0.25, 0.3) is 0 Å². The van der Waals surface area contributed by atoms with E-state index in [4.69, 9.17) is 24.7 Å². The smallest absolute Gasteiger partial charge is 0.245 e. The molecule has 3 fully saturated rings. The molecule has 0 aromatic heterocycles. The normalized spacial score (nSPS) is 33.7. The lowest BCUT2D eigenvalue weighted by molar-refractivity contribution is -0.319. The Morgan fingerprint density at radius 1 is 1.11 bits per heavy atom. The molecule has 0 aliphatic carbocycles. The molecule has 3 saturated heterocycles. The van der Waals surface area contributed by atoms with Crippen molar-refractivity contribution >= 4 is 0 Å². The maximum absolute atomic E-state index is 10.5. The van der Waals surface area contributed by atoms with Crippen LogP contribution < -0.4 is 15.8 Å². The number of benzene rings is 2. The van der Waals surface area contributed by atoms with Gasteiger partial charge in [-0.25, -0.2) is 0 Å². The van der Waals surface area contributed by atoms with Crippen molar-refractivity contribution in [2.75, 3.05) is 46.0 Å². The summed E-state index contributed by atoms with van der Waals surface area (Å²) < 4.78 is 22.5. The topological polar surface area (TPSA) is 162 Å². The highest BCUT2D eigenvalue weighted by Gasteiger charge is 2.54. The van der Waals surface area contributed by atoms with Crippen LogP contribution in [0, 0.1) is 6.92 Å². The molecule has 7 atom stereocenters. The zero-order valence-corrected chi connectivity index (χ0v) is 21.4. The minimum Gasteiger partial charge on any atom is -0.460 e. The van der Waals surface area contributed by atoms with Gasteiger partial charge in [0.15, 0.2) is 0 Å². The van der Waals surface area contributed by atoms with Crippen molar-refractivity contribution in [1.29, 1.82) is 0 Å². The SMILES string of the molecule is Cc1cc(-c2cccc(C3OC3NCCN3CCOCC3)c2)ccc1O[C@H]1O[C@H](CO)[C@@H](O)[C@H](O)[C@]1(N)O. The summed E-state index contributed by atoms with van der Waals surface area (Å²) in [5.41, 5.74) is 7.26. The molecule has 0 radical (unpaired) electrons. The van der Waals surface area contributed by atoms with E-state index in [2.05, 4.69) is 22.3 Å². The molecule has 3 aliphatic rings. The molecule has 3 aliphatic heterocycles. The Bertz CT molecular complexity index is 1100. The Hall–Kier alpha value is -2.16. The first kappa shape index (κ1) is 27.4. The van der Waals surface area contributed by atoms with Gasteiger partial charge in [-0.15, -0.1) is 0 Å². The van der Waals surface area contributed by atoms with E-state index in [1.54, 1.807) is 6.07 Å². The van der Waals surface area contributed by atoms with E-state index in [-0.39, 0.29) is 12.3 Å². The molecule has 0 saturated carbocycles. The molecule has 3 heterocycles. The number of aryl methyl sites for hydroxylation is 1. The minimum absolute atomic E-state index is 0.00548. The van der Waals surface area contributed by atoms with Crippen molar-refractivity contribution < 1.29 is 39.4 Å². The second-order valence-corrected chi connectivity index (χ2v) is 10.1. The maximum atomic E-state index is 10.5. The fourth-order valence-corrected chi connectivity index (χ4v) is 4.92. The number of hydrogen-bond acceptors (Lipinski definition) is 11. The highest BCUT2D eigenvalue weighted by Crippen LogP contribution is 2.39. The third-order valence-corrected chi connectivity index (χ3v) is 7.36. The Balaban J connectivity index is 1.21. The van der Waals surface area contributed by atoms with Gasteiger partial charge in [-0.2, -0.15) is 0 Å². The average Bonchev–Trinajstić information content (AvgIpc) is 3.70. The standard InChI is InChI=1S/C27H37N3O8/c1-16-13-18(5-6-20(16)36-26-27(28,34)24(33)22(32)21(15-31)37-26)17-3-2-4-19(14-17)23-25(38-23)29-7-8-30-9-11-35-12-10-30/h2-6,13-14,21-26,29,31-34H,7-12,15,28H2,1H3/t21-,22-,23?,24+,25?,26+,27+/m1/s1. The van der Waals surface area contributed by atoms with Crippen LogP contribution in [0.2, 0.25) is 0 Å². The molecule has 0 amide bonds. The fourth-order valence-electron chi connectivity index (χ4n) is 4.92. The summed E-state index contributed by atoms with van der Waals surface area (Å²) in [6.07, 6.45) is -5.95. The number of nitrogens with one attached hydrogen (secondary N) is 1. The number of aliphatic hydroxyl groups excluding tert-OH is 3. The number of ether oxygens (including phenoxy) is 4. The summed E-state index contributed by atoms with van der Waals surface area (Å²) in [7, 11) is 0. The zero-order valence-electron chi connectivity index (χ0n) is 21.4. The van der Waals surface area contributed by atoms with Crippen LogP contribution in [0.1, 0.15) is 17.2 Å². The largest absolute Gasteiger partial charge is 0.460 e. The molecule has 2 unspecified atom stereocenters. The summed E-state index contributed by atoms with van der Waals surface area (Å²) in [4.78, 5) is 2.38. The first-order valence-corrected chi connectivity index (χ1v) is 13.0. The van der Waals surface area contributed by atoms with E-state index in [0.29, 0.717) is 5.75 Å². The van der Waals surface area contributed by atoms with E-state index in [9.17, 15) is 20.4 Å². The molecule has 2 aromatic rings. The number of rotatable bonds is 9. The molecular formula is C27H37N3O8. The lowest BCUT2D eigenvalue weighted by Gasteiger charge is -2.45. The van der Waals surface area contributed by atoms with Gasteiger partial charge in [-0.1, -0.05) is 24.3 Å². The summed E-state index contributed by atoms with van der Waals surface area (Å²) in [6.45, 7) is 6.63. The highest BCUT2D eigenvalue weighted by atomic mass is 16.7. The van der Waals surface area contributed by atoms with Crippen LogP contribution in [0.5, 0.6) is 5.75 Å². The predicted octanol–water partition coefficient (Wildman–Crippen LogP) is -0.554. The number of nitrogens with zero attached hydrogens (tertiary/aromatic N) is 1. The van der Waals surface area contributed by atoms with E-state index >= 15 is 0 Å². The van der Waals surface area contributed by atoms with Gasteiger partial charge in [-0.3, -0.25) is 16.0 Å². The number of hydrogen-bond donors (Lipinski definition) is 6. The third-order valence-electron chi connectivity index (χ3n) is 7.36. The predicted molar refractivity (Wildman–Crippen MR) is 137 cm³/mol. The van der Waals surface area contributed by atoms with Gasteiger partial charge >= 0.3 is 0 Å². The van der Waals surface area contributed by atoms with Crippen molar-refractivity contribution in [3.63, 3.8) is 0 Å². The number of epoxide rings is 1. The molecule has 0 bridgehead atoms. The van der Waals surface area contributed by atoms with Gasteiger partial charge in [0.05, 0.1) is 19.8 Å². The minimum atomic E-state index is -2.37. The van der Waals surface area contributed by atoms with Crippen LogP contribution in [0.4, 0.5) is 0 Å². The fraction of sp³-hybridized carbons (Fsp3) is 0.556. The molecule has 0 spiro atoms. The van der Waals surface area contributed by atoms with Gasteiger partial charge < -0.3 is 39.4 Å². The highest BCUT2D eigenvalue weighted by molar-refractivity contribution is 5.66. The molecule has 11 heteroatoms. The summed E-state index contributed by atoms with van der Waals surface area (Å²) in [5.74, 6) is 0.383. The first-order chi connectivity index (χ1) is 18.3. The second kappa shape index (κ2) is 11.5. The molecular weight excluding hydrogens is 494 g/mol. The number of nitrogens with two attached hydrogens (primary N) is 1. The lowest BCUT2D eigenvalue weighted by atomic mass is 9.94. The number of morpholine rings is 1. The first-order valence-electron chi connectivity index (χ1n) is 13.0. The summed E-state index contributed by atoms with van der Waals surface area (Å²) in [6, 6.07) is 13.7. The van der Waals surface area contributed by atoms with E-state index < -0.39 is 36.9 Å². The van der Waals surface area contributed by atoms with Crippen molar-refractivity contribution in [2.45, 2.75) is 49.6 Å². The molecule has 208 valence electrons. The second-order valence-electron chi connectivity index (χ2n) is 10.1. The van der Waals surface area contributed by atoms with Gasteiger partial charge in [-0.05, 0) is 47.4 Å². The molecule has 2 aromatic carbocycles. The Morgan fingerprint density at radius 2 is 1.87 bits per heavy atom. The monoisotopic (exact) mass is 531 g/mol.